The molecular weight excluding hydrogens is 240 g/mol. The summed E-state index contributed by atoms with van der Waals surface area (Å²) in [5.74, 6) is -0.0546. The van der Waals surface area contributed by atoms with Gasteiger partial charge in [-0.25, -0.2) is 0 Å². The minimum atomic E-state index is -0.946. The Hall–Kier alpha value is -0.670. The number of carbonyl (C=O) groups is 1. The maximum Gasteiger partial charge on any atom is 0.177 e. The van der Waals surface area contributed by atoms with Gasteiger partial charge in [0.05, 0.1) is 11.5 Å². The van der Waals surface area contributed by atoms with Crippen molar-refractivity contribution in [1.29, 1.82) is 0 Å². The van der Waals surface area contributed by atoms with Gasteiger partial charge in [-0.15, -0.1) is 0 Å². The van der Waals surface area contributed by atoms with E-state index in [1.165, 1.54) is 12.8 Å². The van der Waals surface area contributed by atoms with E-state index >= 15 is 0 Å². The molecule has 3 heteroatoms. The van der Waals surface area contributed by atoms with Crippen LogP contribution < -0.4 is 0 Å². The molecule has 1 N–H and O–H groups in total. The molecule has 1 heterocycles. The zero-order valence-corrected chi connectivity index (χ0v) is 11.9. The first-order valence-corrected chi connectivity index (χ1v) is 7.66. The molecule has 0 aromatic heterocycles. The fraction of sp³-hybridized carbons (Fsp3) is 0.812. The predicted molar refractivity (Wildman–Crippen MR) is 72.5 cm³/mol. The van der Waals surface area contributed by atoms with Gasteiger partial charge < -0.3 is 9.84 Å². The minimum absolute atomic E-state index is 0.0256. The Balaban J connectivity index is 1.69. The average molecular weight is 264 g/mol. The second-order valence-electron chi connectivity index (χ2n) is 6.69. The lowest BCUT2D eigenvalue weighted by atomic mass is 9.80. The van der Waals surface area contributed by atoms with Crippen LogP contribution >= 0.6 is 0 Å². The van der Waals surface area contributed by atoms with Gasteiger partial charge in [-0.1, -0.05) is 26.7 Å². The number of hydrogen-bond donors (Lipinski definition) is 1. The van der Waals surface area contributed by atoms with Crippen molar-refractivity contribution in [3.8, 4) is 0 Å². The number of hydrogen-bond acceptors (Lipinski definition) is 3. The van der Waals surface area contributed by atoms with E-state index < -0.39 is 5.79 Å². The van der Waals surface area contributed by atoms with Crippen molar-refractivity contribution in [2.24, 2.45) is 11.3 Å². The van der Waals surface area contributed by atoms with E-state index in [4.69, 9.17) is 4.74 Å². The van der Waals surface area contributed by atoms with E-state index in [9.17, 15) is 9.90 Å². The van der Waals surface area contributed by atoms with Gasteiger partial charge in [0.2, 0.25) is 0 Å². The molecule has 0 aromatic carbocycles. The normalized spacial score (nSPS) is 41.5. The molecule has 2 aliphatic carbocycles. The number of aliphatic hydroxyl groups is 1. The summed E-state index contributed by atoms with van der Waals surface area (Å²) in [5, 5.41) is 10.4. The highest BCUT2D eigenvalue weighted by Gasteiger charge is 2.76. The molecule has 19 heavy (non-hydrogen) atoms. The van der Waals surface area contributed by atoms with Crippen molar-refractivity contribution in [3.63, 3.8) is 0 Å². The average Bonchev–Trinajstić information content (AvgIpc) is 2.86. The van der Waals surface area contributed by atoms with Gasteiger partial charge in [0.15, 0.2) is 11.6 Å². The Labute approximate surface area is 115 Å². The first-order valence-electron chi connectivity index (χ1n) is 7.66. The van der Waals surface area contributed by atoms with E-state index in [0.29, 0.717) is 18.8 Å². The Bertz CT molecular complexity index is 428. The highest BCUT2D eigenvalue weighted by Crippen LogP contribution is 2.71. The van der Waals surface area contributed by atoms with Crippen molar-refractivity contribution in [2.75, 3.05) is 0 Å². The van der Waals surface area contributed by atoms with Gasteiger partial charge in [-0.2, -0.15) is 0 Å². The van der Waals surface area contributed by atoms with Crippen LogP contribution in [0.2, 0.25) is 0 Å². The molecular formula is C16H24O3. The zero-order chi connectivity index (χ0) is 13.7. The molecule has 0 amide bonds. The number of carbonyl (C=O) groups excluding carboxylic acids is 1. The lowest BCUT2D eigenvalue weighted by Crippen LogP contribution is -2.21. The summed E-state index contributed by atoms with van der Waals surface area (Å²) in [4.78, 5) is 11.6. The molecule has 3 nitrogen and oxygen atoms in total. The first kappa shape index (κ1) is 13.3. The van der Waals surface area contributed by atoms with Gasteiger partial charge in [-0.3, -0.25) is 4.79 Å². The molecule has 1 spiro atoms. The molecule has 4 atom stereocenters. The van der Waals surface area contributed by atoms with Crippen LogP contribution in [-0.2, 0) is 9.53 Å². The number of ether oxygens (including phenoxy) is 1. The number of rotatable bonds is 5. The molecule has 1 saturated heterocycles. The fourth-order valence-electron chi connectivity index (χ4n) is 3.98. The summed E-state index contributed by atoms with van der Waals surface area (Å²) in [6.07, 6.45) is 8.26. The number of ketones is 1. The standard InChI is InChI=1S/C16H24O3/c1-3-4-11(2)5-6-14-13-9-12(17)7-8-15(13)10-16(15,18)19-14/h9,11,14,18H,3-8,10H2,1-2H3. The van der Waals surface area contributed by atoms with E-state index in [1.54, 1.807) is 6.08 Å². The quantitative estimate of drug-likeness (QED) is 0.830. The highest BCUT2D eigenvalue weighted by atomic mass is 16.7. The summed E-state index contributed by atoms with van der Waals surface area (Å²) in [7, 11) is 0. The third-order valence-electron chi connectivity index (χ3n) is 5.22. The molecule has 3 aliphatic rings. The van der Waals surface area contributed by atoms with E-state index in [-0.39, 0.29) is 17.3 Å². The van der Waals surface area contributed by atoms with Gasteiger partial charge >= 0.3 is 0 Å². The van der Waals surface area contributed by atoms with Gasteiger partial charge in [-0.05, 0) is 36.8 Å². The molecule has 2 fully saturated rings. The summed E-state index contributed by atoms with van der Waals surface area (Å²) < 4.78 is 5.87. The van der Waals surface area contributed by atoms with Crippen LogP contribution in [-0.4, -0.2) is 22.8 Å². The third-order valence-corrected chi connectivity index (χ3v) is 5.22. The Morgan fingerprint density at radius 1 is 1.53 bits per heavy atom. The lowest BCUT2D eigenvalue weighted by Gasteiger charge is -2.23. The maximum atomic E-state index is 11.6. The van der Waals surface area contributed by atoms with Crippen molar-refractivity contribution in [2.45, 2.75) is 70.7 Å². The van der Waals surface area contributed by atoms with Gasteiger partial charge in [0.1, 0.15) is 0 Å². The van der Waals surface area contributed by atoms with Crippen LogP contribution in [0.25, 0.3) is 0 Å². The lowest BCUT2D eigenvalue weighted by molar-refractivity contribution is -0.142. The molecule has 3 rings (SSSR count). The van der Waals surface area contributed by atoms with Crippen LogP contribution in [0, 0.1) is 11.3 Å². The van der Waals surface area contributed by atoms with Crippen molar-refractivity contribution in [1.82, 2.24) is 0 Å². The highest BCUT2D eigenvalue weighted by molar-refractivity contribution is 5.92. The Morgan fingerprint density at radius 2 is 2.32 bits per heavy atom. The van der Waals surface area contributed by atoms with E-state index in [0.717, 1.165) is 24.8 Å². The Morgan fingerprint density at radius 3 is 3.05 bits per heavy atom. The van der Waals surface area contributed by atoms with E-state index in [1.807, 2.05) is 0 Å². The largest absolute Gasteiger partial charge is 0.365 e. The first-order chi connectivity index (χ1) is 9.01. The van der Waals surface area contributed by atoms with Gasteiger partial charge in [0.25, 0.3) is 0 Å². The second-order valence-corrected chi connectivity index (χ2v) is 6.69. The van der Waals surface area contributed by atoms with Crippen LogP contribution in [0.4, 0.5) is 0 Å². The third kappa shape index (κ3) is 1.98. The minimum Gasteiger partial charge on any atom is -0.365 e. The Kier molecular flexibility index (Phi) is 3.10. The van der Waals surface area contributed by atoms with Crippen LogP contribution in [0.3, 0.4) is 0 Å². The topological polar surface area (TPSA) is 46.5 Å². The van der Waals surface area contributed by atoms with Crippen molar-refractivity contribution in [3.05, 3.63) is 11.6 Å². The van der Waals surface area contributed by atoms with Crippen molar-refractivity contribution >= 4 is 5.78 Å². The van der Waals surface area contributed by atoms with E-state index in [2.05, 4.69) is 13.8 Å². The summed E-state index contributed by atoms with van der Waals surface area (Å²) in [6.45, 7) is 4.47. The SMILES string of the molecule is CCCC(C)CCC1OC2(O)CC23CCC(=O)C=C13. The smallest absolute Gasteiger partial charge is 0.177 e. The molecule has 0 aromatic rings. The number of allylic oxidation sites excluding steroid dienone is 1. The monoisotopic (exact) mass is 264 g/mol. The maximum absolute atomic E-state index is 11.6. The van der Waals surface area contributed by atoms with Crippen molar-refractivity contribution < 1.29 is 14.6 Å². The second kappa shape index (κ2) is 4.42. The fourth-order valence-corrected chi connectivity index (χ4v) is 3.98. The van der Waals surface area contributed by atoms with Crippen LogP contribution in [0.5, 0.6) is 0 Å². The molecule has 1 aliphatic heterocycles. The van der Waals surface area contributed by atoms with Crippen LogP contribution in [0.1, 0.15) is 58.8 Å². The molecule has 0 bridgehead atoms. The van der Waals surface area contributed by atoms with Gasteiger partial charge in [0, 0.05) is 12.8 Å². The summed E-state index contributed by atoms with van der Waals surface area (Å²) in [6, 6.07) is 0. The molecule has 4 unspecified atom stereocenters. The summed E-state index contributed by atoms with van der Waals surface area (Å²) >= 11 is 0. The molecule has 0 radical (unpaired) electrons. The molecule has 106 valence electrons. The van der Waals surface area contributed by atoms with Crippen LogP contribution in [0.15, 0.2) is 11.6 Å². The zero-order valence-electron chi connectivity index (χ0n) is 11.9. The predicted octanol–water partition coefficient (Wildman–Crippen LogP) is 2.97. The summed E-state index contributed by atoms with van der Waals surface area (Å²) in [5.41, 5.74) is 0.898. The molecule has 1 saturated carbocycles.